The van der Waals surface area contributed by atoms with Gasteiger partial charge in [-0.15, -0.1) is 82.1 Å². The van der Waals surface area contributed by atoms with E-state index >= 15 is 0 Å². The van der Waals surface area contributed by atoms with E-state index in [4.69, 9.17) is 0 Å². The van der Waals surface area contributed by atoms with Crippen molar-refractivity contribution in [1.29, 1.82) is 0 Å². The number of benzene rings is 5. The zero-order valence-electron chi connectivity index (χ0n) is 22.5. The smallest absolute Gasteiger partial charge is 0.184 e. The Morgan fingerprint density at radius 1 is 0.538 bits per heavy atom. The Hall–Kier alpha value is -2.22. The predicted molar refractivity (Wildman–Crippen MR) is 170 cm³/mol. The third-order valence-electron chi connectivity index (χ3n) is 6.23. The van der Waals surface area contributed by atoms with Crippen molar-refractivity contribution in [2.45, 2.75) is 33.2 Å². The van der Waals surface area contributed by atoms with Gasteiger partial charge in [0.15, 0.2) is 0 Å². The van der Waals surface area contributed by atoms with Crippen LogP contribution in [0.3, 0.4) is 0 Å². The molecule has 0 heterocycles. The van der Waals surface area contributed by atoms with Crippen LogP contribution < -0.4 is 0 Å². The van der Waals surface area contributed by atoms with Gasteiger partial charge in [0.25, 0.3) is 0 Å². The van der Waals surface area contributed by atoms with Crippen LogP contribution in [0.5, 0.6) is 0 Å². The number of hydrogen-bond acceptors (Lipinski definition) is 0. The van der Waals surface area contributed by atoms with Gasteiger partial charge >= 0.3 is 26.2 Å². The first-order chi connectivity index (χ1) is 17.7. The zero-order chi connectivity index (χ0) is 25.3. The molecule has 5 aromatic rings. The molecule has 0 N–H and O–H groups in total. The fraction of sp³-hybridized carbons (Fsp3) is 0.143. The average molecular weight is 643 g/mol. The van der Waals surface area contributed by atoms with Gasteiger partial charge in [0.05, 0.1) is 0 Å². The minimum Gasteiger partial charge on any atom is -0.184 e. The Kier molecular flexibility index (Phi) is 15.6. The number of hydrogen-bond donors (Lipinski definition) is 0. The molecule has 194 valence electrons. The van der Waals surface area contributed by atoms with Crippen LogP contribution >= 0.6 is 24.8 Å². The van der Waals surface area contributed by atoms with Crippen LogP contribution in [0.2, 0.25) is 6.55 Å². The van der Waals surface area contributed by atoms with E-state index in [2.05, 4.69) is 115 Å². The molecule has 2 aliphatic carbocycles. The summed E-state index contributed by atoms with van der Waals surface area (Å²) in [4.78, 5) is 0. The second kappa shape index (κ2) is 17.5. The molecule has 0 bridgehead atoms. The van der Waals surface area contributed by atoms with Crippen LogP contribution in [0.1, 0.15) is 36.1 Å². The van der Waals surface area contributed by atoms with Crippen molar-refractivity contribution in [3.8, 4) is 0 Å². The predicted octanol–water partition coefficient (Wildman–Crippen LogP) is 9.52. The Bertz CT molecular complexity index is 1400. The van der Waals surface area contributed by atoms with Crippen molar-refractivity contribution in [1.82, 2.24) is 0 Å². The molecule has 0 saturated heterocycles. The number of rotatable bonds is 0. The quantitative estimate of drug-likeness (QED) is 0.117. The van der Waals surface area contributed by atoms with Crippen LogP contribution in [-0.4, -0.2) is 10.2 Å². The Balaban J connectivity index is 0.000000290. The van der Waals surface area contributed by atoms with Gasteiger partial charge in [0, 0.05) is 10.2 Å². The van der Waals surface area contributed by atoms with Gasteiger partial charge in [-0.25, -0.2) is 0 Å². The van der Waals surface area contributed by atoms with Gasteiger partial charge in [-0.05, 0) is 0 Å². The molecule has 0 aliphatic heterocycles. The summed E-state index contributed by atoms with van der Waals surface area (Å²) in [6, 6.07) is 38.4. The van der Waals surface area contributed by atoms with E-state index in [1.807, 2.05) is 30.3 Å². The van der Waals surface area contributed by atoms with Crippen molar-refractivity contribution in [3.05, 3.63) is 155 Å². The minimum absolute atomic E-state index is 0. The molecular formula is C35H32Cl2SiZr. The minimum atomic E-state index is 0. The van der Waals surface area contributed by atoms with Crippen molar-refractivity contribution in [2.75, 3.05) is 0 Å². The fourth-order valence-corrected chi connectivity index (χ4v) is 4.65. The maximum Gasteiger partial charge on any atom is 3.00 e. The Labute approximate surface area is 269 Å². The maximum atomic E-state index is 3.46. The largest absolute Gasteiger partial charge is 3.00 e. The standard InChI is InChI=1S/2C14H11.C6H5.CH3Si.2ClH.Zr/c2*1-10-8-12-7-6-11-4-2-3-5-13(11)14(12)9-10;1-2-4-6-5-3-1;1-2;;;/h2*2-7H,8H2,1H3;1-5H;1H3;2*1H;/q3*-1;;;;+3. The molecule has 0 spiro atoms. The SMILES string of the molecule is CC1=[C-]c2c(ccc3ccccc23)C1.CC1=[C-]c2c(ccc3ccccc23)C1.C[Si].Cl.Cl.[Zr+3].[c-]1ccccc1. The first kappa shape index (κ1) is 34.8. The third kappa shape index (κ3) is 8.89. The molecule has 4 radical (unpaired) electrons. The van der Waals surface area contributed by atoms with Crippen molar-refractivity contribution < 1.29 is 26.2 Å². The van der Waals surface area contributed by atoms with E-state index in [0.29, 0.717) is 0 Å². The summed E-state index contributed by atoms with van der Waals surface area (Å²) >= 11 is 0. The zero-order valence-corrected chi connectivity index (χ0v) is 27.6. The second-order valence-corrected chi connectivity index (χ2v) is 8.88. The molecular weight excluding hydrogens is 611 g/mol. The summed E-state index contributed by atoms with van der Waals surface area (Å²) in [6.07, 6.45) is 9.05. The molecule has 0 amide bonds. The summed E-state index contributed by atoms with van der Waals surface area (Å²) in [5, 5.41) is 5.30. The molecule has 0 fully saturated rings. The van der Waals surface area contributed by atoms with Gasteiger partial charge in [0.1, 0.15) is 0 Å². The third-order valence-corrected chi connectivity index (χ3v) is 6.23. The average Bonchev–Trinajstić information content (AvgIpc) is 3.53. The summed E-state index contributed by atoms with van der Waals surface area (Å²) < 4.78 is 0. The van der Waals surface area contributed by atoms with Gasteiger partial charge in [-0.2, -0.15) is 59.7 Å². The summed E-state index contributed by atoms with van der Waals surface area (Å²) in [5.74, 6) is 0. The maximum absolute atomic E-state index is 3.46. The molecule has 0 saturated carbocycles. The molecule has 0 aromatic heterocycles. The van der Waals surface area contributed by atoms with Crippen molar-refractivity contribution >= 4 is 56.6 Å². The van der Waals surface area contributed by atoms with Gasteiger partial charge in [-0.1, -0.05) is 92.5 Å². The fourth-order valence-electron chi connectivity index (χ4n) is 4.65. The molecule has 5 aromatic carbocycles. The van der Waals surface area contributed by atoms with E-state index in [1.165, 1.54) is 54.9 Å². The van der Waals surface area contributed by atoms with Crippen LogP contribution in [0.4, 0.5) is 0 Å². The van der Waals surface area contributed by atoms with E-state index in [0.717, 1.165) is 12.8 Å². The molecule has 0 nitrogen and oxygen atoms in total. The second-order valence-electron chi connectivity index (χ2n) is 8.88. The molecule has 0 unspecified atom stereocenters. The van der Waals surface area contributed by atoms with Crippen molar-refractivity contribution in [2.24, 2.45) is 0 Å². The van der Waals surface area contributed by atoms with E-state index in [9.17, 15) is 0 Å². The molecule has 4 heteroatoms. The normalized spacial score (nSPS) is 11.6. The topological polar surface area (TPSA) is 0 Å². The summed E-state index contributed by atoms with van der Waals surface area (Å²) in [5.41, 5.74) is 8.14. The van der Waals surface area contributed by atoms with Crippen LogP contribution in [0.15, 0.2) is 114 Å². The Morgan fingerprint density at radius 2 is 0.949 bits per heavy atom. The van der Waals surface area contributed by atoms with Crippen LogP contribution in [0.25, 0.3) is 21.5 Å². The molecule has 39 heavy (non-hydrogen) atoms. The van der Waals surface area contributed by atoms with E-state index in [1.54, 1.807) is 6.55 Å². The number of halogens is 2. The molecule has 2 aliphatic rings. The monoisotopic (exact) mass is 640 g/mol. The summed E-state index contributed by atoms with van der Waals surface area (Å²) in [6.45, 7) is 6.10. The number of fused-ring (bicyclic) bond motifs is 6. The van der Waals surface area contributed by atoms with E-state index < -0.39 is 0 Å². The van der Waals surface area contributed by atoms with Crippen LogP contribution in [0, 0.1) is 18.2 Å². The Morgan fingerprint density at radius 3 is 1.31 bits per heavy atom. The van der Waals surface area contributed by atoms with Gasteiger partial charge in [-0.3, -0.25) is 0 Å². The first-order valence-electron chi connectivity index (χ1n) is 12.3. The molecule has 7 rings (SSSR count). The van der Waals surface area contributed by atoms with Crippen LogP contribution in [-0.2, 0) is 39.0 Å². The number of allylic oxidation sites excluding steroid dienone is 2. The van der Waals surface area contributed by atoms with Crippen molar-refractivity contribution in [3.63, 3.8) is 0 Å². The van der Waals surface area contributed by atoms with E-state index in [-0.39, 0.29) is 51.0 Å². The first-order valence-corrected chi connectivity index (χ1v) is 13.3. The molecule has 0 atom stereocenters. The van der Waals surface area contributed by atoms with Gasteiger partial charge < -0.3 is 0 Å². The van der Waals surface area contributed by atoms with Gasteiger partial charge in [0.2, 0.25) is 0 Å². The summed E-state index contributed by atoms with van der Waals surface area (Å²) in [7, 11) is 2.97.